The van der Waals surface area contributed by atoms with Gasteiger partial charge in [0.1, 0.15) is 11.4 Å². The van der Waals surface area contributed by atoms with Gasteiger partial charge in [-0.2, -0.15) is 5.10 Å². The molecular weight excluding hydrogens is 497 g/mol. The minimum atomic E-state index is -0.584. The Kier molecular flexibility index (Phi) is 5.82. The van der Waals surface area contributed by atoms with E-state index in [1.807, 2.05) is 39.0 Å². The molecule has 3 N–H and O–H groups in total. The summed E-state index contributed by atoms with van der Waals surface area (Å²) in [5.41, 5.74) is 4.51. The number of nitrogens with zero attached hydrogens (tertiary/aromatic N) is 6. The summed E-state index contributed by atoms with van der Waals surface area (Å²) < 4.78 is 16.0. The molecule has 0 aliphatic heterocycles. The van der Waals surface area contributed by atoms with Crippen LogP contribution in [-0.2, 0) is 4.79 Å². The molecule has 0 aromatic carbocycles. The molecule has 0 saturated heterocycles. The molecule has 0 spiro atoms. The van der Waals surface area contributed by atoms with E-state index in [1.54, 1.807) is 24.7 Å². The molecule has 6 aromatic heterocycles. The Labute approximate surface area is 222 Å². The quantitative estimate of drug-likeness (QED) is 0.271. The van der Waals surface area contributed by atoms with Gasteiger partial charge in [-0.1, -0.05) is 20.8 Å². The average molecular weight is 522 g/mol. The minimum absolute atomic E-state index is 0.0799. The molecule has 39 heavy (non-hydrogen) atoms. The van der Waals surface area contributed by atoms with Gasteiger partial charge in [-0.15, -0.1) is 0 Å². The highest BCUT2D eigenvalue weighted by atomic mass is 19.1. The van der Waals surface area contributed by atoms with E-state index in [2.05, 4.69) is 45.4 Å². The van der Waals surface area contributed by atoms with Gasteiger partial charge in [0.05, 0.1) is 34.5 Å². The first-order valence-corrected chi connectivity index (χ1v) is 12.3. The summed E-state index contributed by atoms with van der Waals surface area (Å²) in [7, 11) is 0. The highest BCUT2D eigenvalue weighted by molar-refractivity contribution is 5.97. The van der Waals surface area contributed by atoms with E-state index in [4.69, 9.17) is 0 Å². The van der Waals surface area contributed by atoms with Gasteiger partial charge in [-0.05, 0) is 35.2 Å². The first-order valence-electron chi connectivity index (χ1n) is 12.3. The van der Waals surface area contributed by atoms with E-state index in [1.165, 1.54) is 18.6 Å². The second-order valence-electron chi connectivity index (χ2n) is 10.4. The summed E-state index contributed by atoms with van der Waals surface area (Å²) in [6, 6.07) is 7.32. The number of nitrogens with one attached hydrogen (secondary N) is 3. The van der Waals surface area contributed by atoms with Crippen molar-refractivity contribution < 1.29 is 9.18 Å². The Morgan fingerprint density at radius 2 is 1.79 bits per heavy atom. The Hall–Kier alpha value is -5.06. The number of hydrogen-bond donors (Lipinski definition) is 3. The van der Waals surface area contributed by atoms with Crippen LogP contribution >= 0.6 is 0 Å². The highest BCUT2D eigenvalue weighted by Gasteiger charge is 2.22. The Morgan fingerprint density at radius 3 is 2.59 bits per heavy atom. The van der Waals surface area contributed by atoms with Crippen molar-refractivity contribution in [3.63, 3.8) is 0 Å². The van der Waals surface area contributed by atoms with Gasteiger partial charge in [0.2, 0.25) is 5.91 Å². The zero-order valence-corrected chi connectivity index (χ0v) is 21.5. The summed E-state index contributed by atoms with van der Waals surface area (Å²) in [5.74, 6) is -0.367. The largest absolute Gasteiger partial charge is 0.335 e. The van der Waals surface area contributed by atoms with Crippen molar-refractivity contribution in [3.05, 3.63) is 67.3 Å². The van der Waals surface area contributed by atoms with Crippen molar-refractivity contribution in [1.29, 1.82) is 0 Å². The lowest BCUT2D eigenvalue weighted by Crippen LogP contribution is -2.19. The number of anilines is 1. The number of H-pyrrole nitrogens is 2. The lowest BCUT2D eigenvalue weighted by Gasteiger charge is -2.17. The molecule has 194 valence electrons. The Morgan fingerprint density at radius 1 is 0.974 bits per heavy atom. The fourth-order valence-corrected chi connectivity index (χ4v) is 4.47. The van der Waals surface area contributed by atoms with Gasteiger partial charge in [-0.3, -0.25) is 24.8 Å². The molecular formula is C28H24FN9O. The number of imidazole rings is 1. The summed E-state index contributed by atoms with van der Waals surface area (Å²) in [6.45, 7) is 5.95. The molecule has 6 aromatic rings. The molecule has 0 aliphatic carbocycles. The fourth-order valence-electron chi connectivity index (χ4n) is 4.47. The molecule has 6 heterocycles. The third-order valence-electron chi connectivity index (χ3n) is 6.14. The van der Waals surface area contributed by atoms with Crippen molar-refractivity contribution in [1.82, 2.24) is 40.1 Å². The molecule has 0 fully saturated rings. The molecule has 6 rings (SSSR count). The van der Waals surface area contributed by atoms with E-state index in [0.29, 0.717) is 45.9 Å². The number of aromatic amines is 2. The number of hydrogen-bond acceptors (Lipinski definition) is 7. The summed E-state index contributed by atoms with van der Waals surface area (Å²) >= 11 is 0. The summed E-state index contributed by atoms with van der Waals surface area (Å²) in [5, 5.41) is 10.2. The molecule has 0 radical (unpaired) electrons. The van der Waals surface area contributed by atoms with Gasteiger partial charge in [-0.25, -0.2) is 14.4 Å². The van der Waals surface area contributed by atoms with Crippen LogP contribution < -0.4 is 5.32 Å². The van der Waals surface area contributed by atoms with E-state index in [0.717, 1.165) is 11.1 Å². The fraction of sp³-hybridized carbons (Fsp3) is 0.179. The van der Waals surface area contributed by atoms with Crippen LogP contribution in [0.3, 0.4) is 0 Å². The number of aromatic nitrogens is 8. The molecule has 11 heteroatoms. The monoisotopic (exact) mass is 521 g/mol. The van der Waals surface area contributed by atoms with Crippen LogP contribution in [0.4, 0.5) is 10.1 Å². The zero-order valence-electron chi connectivity index (χ0n) is 21.5. The number of amides is 1. The third-order valence-corrected chi connectivity index (χ3v) is 6.14. The first kappa shape index (κ1) is 24.3. The maximum atomic E-state index is 16.0. The topological polar surface area (TPSA) is 138 Å². The van der Waals surface area contributed by atoms with Crippen LogP contribution in [0, 0.1) is 11.2 Å². The molecule has 0 saturated carbocycles. The van der Waals surface area contributed by atoms with Crippen LogP contribution in [0.25, 0.3) is 56.0 Å². The second kappa shape index (κ2) is 9.35. The van der Waals surface area contributed by atoms with Gasteiger partial charge < -0.3 is 10.3 Å². The number of carbonyl (C=O) groups is 1. The molecule has 1 amide bonds. The zero-order chi connectivity index (χ0) is 27.1. The van der Waals surface area contributed by atoms with Crippen molar-refractivity contribution in [2.45, 2.75) is 27.2 Å². The minimum Gasteiger partial charge on any atom is -0.335 e. The van der Waals surface area contributed by atoms with Gasteiger partial charge in [0.15, 0.2) is 17.3 Å². The molecule has 0 bridgehead atoms. The number of pyridine rings is 4. The molecule has 0 atom stereocenters. The summed E-state index contributed by atoms with van der Waals surface area (Å²) in [4.78, 5) is 37.2. The normalized spacial score (nSPS) is 11.8. The average Bonchev–Trinajstić information content (AvgIpc) is 3.53. The van der Waals surface area contributed by atoms with Crippen LogP contribution in [0.1, 0.15) is 27.2 Å². The predicted molar refractivity (Wildman–Crippen MR) is 146 cm³/mol. The molecule has 0 aliphatic rings. The van der Waals surface area contributed by atoms with Crippen molar-refractivity contribution in [3.8, 4) is 33.9 Å². The van der Waals surface area contributed by atoms with Crippen LogP contribution in [0.2, 0.25) is 0 Å². The van der Waals surface area contributed by atoms with E-state index in [9.17, 15) is 4.79 Å². The van der Waals surface area contributed by atoms with E-state index >= 15 is 4.39 Å². The second-order valence-corrected chi connectivity index (χ2v) is 10.4. The lowest BCUT2D eigenvalue weighted by molar-refractivity contribution is -0.117. The predicted octanol–water partition coefficient (Wildman–Crippen LogP) is 5.53. The molecule has 0 unspecified atom stereocenters. The van der Waals surface area contributed by atoms with Crippen molar-refractivity contribution >= 4 is 33.7 Å². The number of carbonyl (C=O) groups excluding carboxylic acids is 1. The highest BCUT2D eigenvalue weighted by Crippen LogP contribution is 2.34. The first-order chi connectivity index (χ1) is 18.8. The Balaban J connectivity index is 1.40. The van der Waals surface area contributed by atoms with Crippen LogP contribution in [0.15, 0.2) is 61.4 Å². The SMILES string of the molecule is CC(C)(C)CC(=O)Nc1cncc(-c2ncc3[nH]nc(-c4nc5nccc(-c6ccncc6)c5[nH]4)c3c2F)c1. The van der Waals surface area contributed by atoms with Gasteiger partial charge in [0.25, 0.3) is 0 Å². The number of rotatable bonds is 5. The maximum absolute atomic E-state index is 16.0. The third kappa shape index (κ3) is 4.70. The van der Waals surface area contributed by atoms with E-state index < -0.39 is 5.82 Å². The molecule has 10 nitrogen and oxygen atoms in total. The number of fused-ring (bicyclic) bond motifs is 2. The Bertz CT molecular complexity index is 1840. The van der Waals surface area contributed by atoms with Crippen molar-refractivity contribution in [2.75, 3.05) is 5.32 Å². The summed E-state index contributed by atoms with van der Waals surface area (Å²) in [6.07, 6.45) is 9.97. The number of halogens is 1. The van der Waals surface area contributed by atoms with E-state index in [-0.39, 0.29) is 22.4 Å². The van der Waals surface area contributed by atoms with Crippen LogP contribution in [-0.4, -0.2) is 46.0 Å². The smallest absolute Gasteiger partial charge is 0.224 e. The standard InChI is InChI=1S/C28H24FN9O/c1-28(2,3)11-20(39)34-17-10-16(12-31-13-17)23-22(29)21-19(14-33-23)37-38-25(21)27-35-24-18(6-9-32-26(24)36-27)15-4-7-30-8-5-15/h4-10,12-14H,11H2,1-3H3,(H,34,39)(H,37,38)(H,32,35,36). The van der Waals surface area contributed by atoms with Gasteiger partial charge >= 0.3 is 0 Å². The lowest BCUT2D eigenvalue weighted by atomic mass is 9.92. The van der Waals surface area contributed by atoms with Crippen molar-refractivity contribution in [2.24, 2.45) is 5.41 Å². The maximum Gasteiger partial charge on any atom is 0.224 e. The van der Waals surface area contributed by atoms with Crippen LogP contribution in [0.5, 0.6) is 0 Å². The van der Waals surface area contributed by atoms with Gasteiger partial charge in [0, 0.05) is 42.3 Å².